The Kier molecular flexibility index (Phi) is 3.79. The molecule has 114 valence electrons. The van der Waals surface area contributed by atoms with Crippen LogP contribution in [0, 0.1) is 13.8 Å². The van der Waals surface area contributed by atoms with Gasteiger partial charge in [-0.3, -0.25) is 0 Å². The molecule has 0 amide bonds. The van der Waals surface area contributed by atoms with Gasteiger partial charge in [-0.1, -0.05) is 12.1 Å². The van der Waals surface area contributed by atoms with E-state index in [9.17, 15) is 9.90 Å². The van der Waals surface area contributed by atoms with Crippen LogP contribution in [0.3, 0.4) is 0 Å². The van der Waals surface area contributed by atoms with E-state index in [-0.39, 0.29) is 5.56 Å². The lowest BCUT2D eigenvalue weighted by Gasteiger charge is -2.19. The summed E-state index contributed by atoms with van der Waals surface area (Å²) in [7, 11) is 0. The number of aryl methyl sites for hydroxylation is 2. The standard InChI is InChI=1S/C17H19N3O2/c1-11-5-6-13(9-12(11)2)15-18-10-14(17(21)22)16(19-15)20-7-3-4-8-20/h5-6,9-10H,3-4,7-8H2,1-2H3,(H,21,22). The molecule has 0 saturated carbocycles. The number of hydrogen-bond acceptors (Lipinski definition) is 4. The fourth-order valence-corrected chi connectivity index (χ4v) is 2.71. The number of carboxylic acid groups (broad SMARTS) is 1. The van der Waals surface area contributed by atoms with Crippen molar-refractivity contribution in [1.29, 1.82) is 0 Å². The maximum Gasteiger partial charge on any atom is 0.341 e. The Balaban J connectivity index is 2.07. The molecule has 1 saturated heterocycles. The molecule has 0 bridgehead atoms. The zero-order valence-corrected chi connectivity index (χ0v) is 12.8. The molecule has 0 radical (unpaired) electrons. The number of rotatable bonds is 3. The molecular formula is C17H19N3O2. The second-order valence-electron chi connectivity index (χ2n) is 5.73. The number of hydrogen-bond donors (Lipinski definition) is 1. The Morgan fingerprint density at radius 1 is 1.18 bits per heavy atom. The Labute approximate surface area is 129 Å². The van der Waals surface area contributed by atoms with E-state index in [4.69, 9.17) is 0 Å². The number of nitrogens with zero attached hydrogens (tertiary/aromatic N) is 3. The van der Waals surface area contributed by atoms with Gasteiger partial charge in [0, 0.05) is 24.8 Å². The van der Waals surface area contributed by atoms with Crippen LogP contribution in [0.15, 0.2) is 24.4 Å². The summed E-state index contributed by atoms with van der Waals surface area (Å²) in [5.74, 6) is 0.136. The highest BCUT2D eigenvalue weighted by Crippen LogP contribution is 2.26. The number of benzene rings is 1. The smallest absolute Gasteiger partial charge is 0.341 e. The minimum Gasteiger partial charge on any atom is -0.477 e. The van der Waals surface area contributed by atoms with Gasteiger partial charge in [-0.2, -0.15) is 0 Å². The third-order valence-electron chi connectivity index (χ3n) is 4.17. The number of aromatic nitrogens is 2. The van der Waals surface area contributed by atoms with E-state index in [1.54, 1.807) is 0 Å². The third-order valence-corrected chi connectivity index (χ3v) is 4.17. The quantitative estimate of drug-likeness (QED) is 0.943. The molecule has 0 aliphatic carbocycles. The molecule has 0 spiro atoms. The molecule has 1 aromatic carbocycles. The molecule has 1 aromatic heterocycles. The van der Waals surface area contributed by atoms with Crippen LogP contribution in [-0.2, 0) is 0 Å². The van der Waals surface area contributed by atoms with E-state index < -0.39 is 5.97 Å². The van der Waals surface area contributed by atoms with Crippen molar-refractivity contribution in [3.8, 4) is 11.4 Å². The highest BCUT2D eigenvalue weighted by atomic mass is 16.4. The van der Waals surface area contributed by atoms with Gasteiger partial charge >= 0.3 is 5.97 Å². The van der Waals surface area contributed by atoms with Crippen molar-refractivity contribution in [1.82, 2.24) is 9.97 Å². The molecule has 2 heterocycles. The Bertz CT molecular complexity index is 722. The molecule has 0 unspecified atom stereocenters. The van der Waals surface area contributed by atoms with Gasteiger partial charge in [0.2, 0.25) is 0 Å². The van der Waals surface area contributed by atoms with Crippen LogP contribution in [0.4, 0.5) is 5.82 Å². The minimum atomic E-state index is -0.978. The number of carboxylic acids is 1. The summed E-state index contributed by atoms with van der Waals surface area (Å²) in [5, 5.41) is 9.36. The van der Waals surface area contributed by atoms with Crippen molar-refractivity contribution in [2.75, 3.05) is 18.0 Å². The lowest BCUT2D eigenvalue weighted by Crippen LogP contribution is -2.22. The average Bonchev–Trinajstić information content (AvgIpc) is 3.03. The zero-order chi connectivity index (χ0) is 15.7. The van der Waals surface area contributed by atoms with Gasteiger partial charge < -0.3 is 10.0 Å². The van der Waals surface area contributed by atoms with E-state index in [0.717, 1.165) is 31.5 Å². The van der Waals surface area contributed by atoms with Gasteiger partial charge in [-0.05, 0) is 43.9 Å². The average molecular weight is 297 g/mol. The summed E-state index contributed by atoms with van der Waals surface area (Å²) < 4.78 is 0. The monoisotopic (exact) mass is 297 g/mol. The van der Waals surface area contributed by atoms with E-state index in [1.165, 1.54) is 17.3 Å². The van der Waals surface area contributed by atoms with Crippen LogP contribution in [0.1, 0.15) is 34.3 Å². The van der Waals surface area contributed by atoms with Crippen LogP contribution in [-0.4, -0.2) is 34.1 Å². The van der Waals surface area contributed by atoms with Crippen LogP contribution < -0.4 is 4.90 Å². The first-order valence-corrected chi connectivity index (χ1v) is 7.49. The largest absolute Gasteiger partial charge is 0.477 e. The van der Waals surface area contributed by atoms with E-state index in [0.29, 0.717) is 11.6 Å². The fourth-order valence-electron chi connectivity index (χ4n) is 2.71. The van der Waals surface area contributed by atoms with E-state index in [2.05, 4.69) is 16.9 Å². The Morgan fingerprint density at radius 3 is 2.55 bits per heavy atom. The third kappa shape index (κ3) is 2.66. The number of anilines is 1. The summed E-state index contributed by atoms with van der Waals surface area (Å²) in [4.78, 5) is 22.3. The summed E-state index contributed by atoms with van der Waals surface area (Å²) in [5.41, 5.74) is 3.48. The second-order valence-corrected chi connectivity index (χ2v) is 5.73. The molecule has 1 aliphatic heterocycles. The molecule has 22 heavy (non-hydrogen) atoms. The fraction of sp³-hybridized carbons (Fsp3) is 0.353. The van der Waals surface area contributed by atoms with Crippen molar-refractivity contribution in [3.05, 3.63) is 41.1 Å². The number of aromatic carboxylic acids is 1. The summed E-state index contributed by atoms with van der Waals surface area (Å²) in [6.07, 6.45) is 3.57. The van der Waals surface area contributed by atoms with Crippen molar-refractivity contribution in [3.63, 3.8) is 0 Å². The highest BCUT2D eigenvalue weighted by molar-refractivity contribution is 5.93. The van der Waals surface area contributed by atoms with Crippen LogP contribution in [0.25, 0.3) is 11.4 Å². The van der Waals surface area contributed by atoms with Crippen LogP contribution in [0.2, 0.25) is 0 Å². The van der Waals surface area contributed by atoms with Gasteiger partial charge in [0.15, 0.2) is 5.82 Å². The molecule has 1 N–H and O–H groups in total. The predicted molar refractivity (Wildman–Crippen MR) is 85.3 cm³/mol. The topological polar surface area (TPSA) is 66.3 Å². The normalized spacial score (nSPS) is 14.4. The molecule has 2 aromatic rings. The van der Waals surface area contributed by atoms with E-state index >= 15 is 0 Å². The maximum absolute atomic E-state index is 11.4. The Hall–Kier alpha value is -2.43. The first kappa shape index (κ1) is 14.5. The minimum absolute atomic E-state index is 0.175. The predicted octanol–water partition coefficient (Wildman–Crippen LogP) is 3.06. The summed E-state index contributed by atoms with van der Waals surface area (Å²) >= 11 is 0. The van der Waals surface area contributed by atoms with Gasteiger partial charge in [0.25, 0.3) is 0 Å². The Morgan fingerprint density at radius 2 is 1.91 bits per heavy atom. The van der Waals surface area contributed by atoms with Gasteiger partial charge in [-0.25, -0.2) is 14.8 Å². The highest BCUT2D eigenvalue weighted by Gasteiger charge is 2.22. The molecule has 5 nitrogen and oxygen atoms in total. The molecule has 1 aliphatic rings. The lowest BCUT2D eigenvalue weighted by molar-refractivity contribution is 0.0696. The molecule has 0 atom stereocenters. The number of carbonyl (C=O) groups is 1. The van der Waals surface area contributed by atoms with Crippen molar-refractivity contribution < 1.29 is 9.90 Å². The summed E-state index contributed by atoms with van der Waals surface area (Å²) in [6, 6.07) is 6.05. The van der Waals surface area contributed by atoms with Gasteiger partial charge in [0.05, 0.1) is 0 Å². The molecule has 3 rings (SSSR count). The first-order valence-electron chi connectivity index (χ1n) is 7.49. The molecule has 1 fully saturated rings. The summed E-state index contributed by atoms with van der Waals surface area (Å²) in [6.45, 7) is 5.81. The van der Waals surface area contributed by atoms with Crippen LogP contribution >= 0.6 is 0 Å². The zero-order valence-electron chi connectivity index (χ0n) is 12.8. The molecular weight excluding hydrogens is 278 g/mol. The van der Waals surface area contributed by atoms with E-state index in [1.807, 2.05) is 30.0 Å². The van der Waals surface area contributed by atoms with Gasteiger partial charge in [0.1, 0.15) is 11.4 Å². The maximum atomic E-state index is 11.4. The van der Waals surface area contributed by atoms with Gasteiger partial charge in [-0.15, -0.1) is 0 Å². The second kappa shape index (κ2) is 5.75. The SMILES string of the molecule is Cc1ccc(-c2ncc(C(=O)O)c(N3CCCC3)n2)cc1C. The van der Waals surface area contributed by atoms with Crippen molar-refractivity contribution in [2.45, 2.75) is 26.7 Å². The van der Waals surface area contributed by atoms with Crippen molar-refractivity contribution >= 4 is 11.8 Å². The molecule has 5 heteroatoms. The van der Waals surface area contributed by atoms with Crippen molar-refractivity contribution in [2.24, 2.45) is 0 Å². The van der Waals surface area contributed by atoms with Crippen LogP contribution in [0.5, 0.6) is 0 Å². The lowest BCUT2D eigenvalue weighted by atomic mass is 10.1. The first-order chi connectivity index (χ1) is 10.6.